The highest BCUT2D eigenvalue weighted by molar-refractivity contribution is 6.01. The molecule has 0 spiro atoms. The van der Waals surface area contributed by atoms with Gasteiger partial charge < -0.3 is 14.7 Å². The summed E-state index contributed by atoms with van der Waals surface area (Å²) in [4.78, 5) is 16.8. The zero-order valence-electron chi connectivity index (χ0n) is 14.4. The summed E-state index contributed by atoms with van der Waals surface area (Å²) in [6, 6.07) is 13.7. The third kappa shape index (κ3) is 4.26. The van der Waals surface area contributed by atoms with Gasteiger partial charge in [0, 0.05) is 19.4 Å². The molecule has 1 aliphatic rings. The SMILES string of the molecule is CCO[C@H](Cc1cccc(C2=NOC(c3ccc(F)cc3)C2)c1)C(=O)O. The fraction of sp³-hybridized carbons (Fsp3) is 0.300. The second kappa shape index (κ2) is 8.10. The molecule has 2 aromatic rings. The number of oxime groups is 1. The minimum atomic E-state index is -0.977. The van der Waals surface area contributed by atoms with Crippen LogP contribution in [0.25, 0.3) is 0 Å². The molecule has 0 bridgehead atoms. The maximum Gasteiger partial charge on any atom is 0.333 e. The highest BCUT2D eigenvalue weighted by Gasteiger charge is 2.24. The topological polar surface area (TPSA) is 68.1 Å². The van der Waals surface area contributed by atoms with Crippen molar-refractivity contribution < 1.29 is 23.9 Å². The van der Waals surface area contributed by atoms with Crippen molar-refractivity contribution in [2.75, 3.05) is 6.61 Å². The number of aliphatic carboxylic acids is 1. The molecule has 5 nitrogen and oxygen atoms in total. The Morgan fingerprint density at radius 2 is 2.12 bits per heavy atom. The normalized spacial score (nSPS) is 17.5. The standard InChI is InChI=1S/C20H20FNO4/c1-2-25-19(20(23)24)11-13-4-3-5-15(10-13)17-12-18(26-22-17)14-6-8-16(21)9-7-14/h3-10,18-19H,2,11-12H2,1H3,(H,23,24)/t18?,19-/m1/s1. The van der Waals surface area contributed by atoms with Crippen molar-refractivity contribution in [3.05, 3.63) is 71.0 Å². The zero-order chi connectivity index (χ0) is 18.5. The molecule has 1 unspecified atom stereocenters. The van der Waals surface area contributed by atoms with E-state index in [1.165, 1.54) is 12.1 Å². The Balaban J connectivity index is 1.70. The van der Waals surface area contributed by atoms with E-state index in [1.54, 1.807) is 19.1 Å². The maximum atomic E-state index is 13.1. The first-order valence-electron chi connectivity index (χ1n) is 8.48. The van der Waals surface area contributed by atoms with E-state index in [0.29, 0.717) is 13.0 Å². The van der Waals surface area contributed by atoms with Crippen LogP contribution in [-0.2, 0) is 20.8 Å². The number of halogens is 1. The van der Waals surface area contributed by atoms with Gasteiger partial charge in [-0.2, -0.15) is 0 Å². The number of nitrogens with zero attached hydrogens (tertiary/aromatic N) is 1. The highest BCUT2D eigenvalue weighted by Crippen LogP contribution is 2.29. The van der Waals surface area contributed by atoms with E-state index < -0.39 is 12.1 Å². The van der Waals surface area contributed by atoms with Crippen molar-refractivity contribution in [2.24, 2.45) is 5.16 Å². The van der Waals surface area contributed by atoms with E-state index in [9.17, 15) is 14.3 Å². The van der Waals surface area contributed by atoms with E-state index in [-0.39, 0.29) is 18.3 Å². The molecule has 1 N–H and O–H groups in total. The van der Waals surface area contributed by atoms with Gasteiger partial charge in [0.05, 0.1) is 5.71 Å². The quantitative estimate of drug-likeness (QED) is 0.820. The van der Waals surface area contributed by atoms with Crippen LogP contribution in [0.15, 0.2) is 53.7 Å². The van der Waals surface area contributed by atoms with Gasteiger partial charge in [0.25, 0.3) is 0 Å². The summed E-state index contributed by atoms with van der Waals surface area (Å²) in [6.07, 6.45) is -0.261. The summed E-state index contributed by atoms with van der Waals surface area (Å²) in [7, 11) is 0. The Labute approximate surface area is 151 Å². The van der Waals surface area contributed by atoms with E-state index >= 15 is 0 Å². The molecule has 0 aromatic heterocycles. The van der Waals surface area contributed by atoms with Gasteiger partial charge in [0.1, 0.15) is 5.82 Å². The molecule has 136 valence electrons. The van der Waals surface area contributed by atoms with Gasteiger partial charge in [0.2, 0.25) is 0 Å². The number of rotatable bonds is 7. The van der Waals surface area contributed by atoms with Gasteiger partial charge in [-0.3, -0.25) is 0 Å². The van der Waals surface area contributed by atoms with Gasteiger partial charge in [0.15, 0.2) is 12.2 Å². The van der Waals surface area contributed by atoms with Crippen LogP contribution >= 0.6 is 0 Å². The number of hydrogen-bond acceptors (Lipinski definition) is 4. The number of ether oxygens (including phenoxy) is 1. The lowest BCUT2D eigenvalue weighted by Crippen LogP contribution is -2.26. The Hall–Kier alpha value is -2.73. The summed E-state index contributed by atoms with van der Waals surface area (Å²) in [5.74, 6) is -1.27. The van der Waals surface area contributed by atoms with Crippen LogP contribution in [-0.4, -0.2) is 29.5 Å². The summed E-state index contributed by atoms with van der Waals surface area (Å²) in [5, 5.41) is 13.4. The lowest BCUT2D eigenvalue weighted by atomic mass is 9.97. The predicted molar refractivity (Wildman–Crippen MR) is 94.6 cm³/mol. The number of hydrogen-bond donors (Lipinski definition) is 1. The number of benzene rings is 2. The van der Waals surface area contributed by atoms with Crippen molar-refractivity contribution in [3.8, 4) is 0 Å². The van der Waals surface area contributed by atoms with E-state index in [1.807, 2.05) is 24.3 Å². The molecule has 0 saturated carbocycles. The second-order valence-electron chi connectivity index (χ2n) is 6.07. The fourth-order valence-electron chi connectivity index (χ4n) is 2.91. The molecule has 1 heterocycles. The largest absolute Gasteiger partial charge is 0.479 e. The molecule has 2 atom stereocenters. The molecular weight excluding hydrogens is 337 g/mol. The van der Waals surface area contributed by atoms with Crippen molar-refractivity contribution in [2.45, 2.75) is 32.0 Å². The van der Waals surface area contributed by atoms with Crippen LogP contribution in [0, 0.1) is 5.82 Å². The van der Waals surface area contributed by atoms with E-state index in [2.05, 4.69) is 5.16 Å². The molecule has 1 aliphatic heterocycles. The highest BCUT2D eigenvalue weighted by atomic mass is 19.1. The maximum absolute atomic E-state index is 13.1. The number of carboxylic acids is 1. The van der Waals surface area contributed by atoms with Gasteiger partial charge in [-0.15, -0.1) is 0 Å². The van der Waals surface area contributed by atoms with E-state index in [0.717, 1.165) is 22.4 Å². The monoisotopic (exact) mass is 357 g/mol. The van der Waals surface area contributed by atoms with Crippen molar-refractivity contribution in [3.63, 3.8) is 0 Å². The predicted octanol–water partition coefficient (Wildman–Crippen LogP) is 3.72. The van der Waals surface area contributed by atoms with Gasteiger partial charge in [-0.25, -0.2) is 9.18 Å². The molecule has 0 saturated heterocycles. The van der Waals surface area contributed by atoms with Crippen molar-refractivity contribution >= 4 is 11.7 Å². The summed E-state index contributed by atoms with van der Waals surface area (Å²) < 4.78 is 18.3. The second-order valence-corrected chi connectivity index (χ2v) is 6.07. The number of carboxylic acid groups (broad SMARTS) is 1. The van der Waals surface area contributed by atoms with Crippen molar-refractivity contribution in [1.29, 1.82) is 0 Å². The Bertz CT molecular complexity index is 804. The van der Waals surface area contributed by atoms with E-state index in [4.69, 9.17) is 9.57 Å². The van der Waals surface area contributed by atoms with Gasteiger partial charge >= 0.3 is 5.97 Å². The van der Waals surface area contributed by atoms with Gasteiger partial charge in [-0.05, 0) is 41.8 Å². The molecular formula is C20H20FNO4. The zero-order valence-corrected chi connectivity index (χ0v) is 14.4. The molecule has 0 amide bonds. The Kier molecular flexibility index (Phi) is 5.63. The molecule has 0 aliphatic carbocycles. The number of carbonyl (C=O) groups is 1. The van der Waals surface area contributed by atoms with Crippen LogP contribution in [0.5, 0.6) is 0 Å². The average Bonchev–Trinajstić information content (AvgIpc) is 3.12. The lowest BCUT2D eigenvalue weighted by Gasteiger charge is -2.13. The van der Waals surface area contributed by atoms with Crippen LogP contribution < -0.4 is 0 Å². The first-order valence-corrected chi connectivity index (χ1v) is 8.48. The molecule has 2 aromatic carbocycles. The van der Waals surface area contributed by atoms with Crippen LogP contribution in [0.4, 0.5) is 4.39 Å². The smallest absolute Gasteiger partial charge is 0.333 e. The molecule has 3 rings (SSSR count). The van der Waals surface area contributed by atoms with Crippen LogP contribution in [0.1, 0.15) is 36.1 Å². The minimum absolute atomic E-state index is 0.246. The average molecular weight is 357 g/mol. The third-order valence-electron chi connectivity index (χ3n) is 4.24. The Morgan fingerprint density at radius 3 is 2.81 bits per heavy atom. The molecule has 6 heteroatoms. The summed E-state index contributed by atoms with van der Waals surface area (Å²) in [6.45, 7) is 2.11. The summed E-state index contributed by atoms with van der Waals surface area (Å²) in [5.41, 5.74) is 3.39. The van der Waals surface area contributed by atoms with Gasteiger partial charge in [-0.1, -0.05) is 35.5 Å². The Morgan fingerprint density at radius 1 is 1.35 bits per heavy atom. The minimum Gasteiger partial charge on any atom is -0.479 e. The van der Waals surface area contributed by atoms with Crippen LogP contribution in [0.3, 0.4) is 0 Å². The summed E-state index contributed by atoms with van der Waals surface area (Å²) >= 11 is 0. The molecule has 26 heavy (non-hydrogen) atoms. The third-order valence-corrected chi connectivity index (χ3v) is 4.24. The first-order chi connectivity index (χ1) is 12.6. The molecule has 0 radical (unpaired) electrons. The lowest BCUT2D eigenvalue weighted by molar-refractivity contribution is -0.149. The first kappa shape index (κ1) is 18.1. The fourth-order valence-corrected chi connectivity index (χ4v) is 2.91. The van der Waals surface area contributed by atoms with Crippen molar-refractivity contribution in [1.82, 2.24) is 0 Å². The van der Waals surface area contributed by atoms with Crippen LogP contribution in [0.2, 0.25) is 0 Å². The molecule has 0 fully saturated rings.